The minimum atomic E-state index is -0.241. The van der Waals surface area contributed by atoms with E-state index >= 15 is 0 Å². The molecule has 136 valence electrons. The molecule has 1 unspecified atom stereocenters. The number of urea groups is 1. The predicted octanol–water partition coefficient (Wildman–Crippen LogP) is -0.0954. The zero-order valence-corrected chi connectivity index (χ0v) is 15.2. The lowest BCUT2D eigenvalue weighted by molar-refractivity contribution is -0.134. The van der Waals surface area contributed by atoms with Gasteiger partial charge in [-0.1, -0.05) is 0 Å². The highest BCUT2D eigenvalue weighted by Gasteiger charge is 2.38. The summed E-state index contributed by atoms with van der Waals surface area (Å²) < 4.78 is 0. The zero-order chi connectivity index (χ0) is 18.1. The summed E-state index contributed by atoms with van der Waals surface area (Å²) in [6.45, 7) is 3.15. The van der Waals surface area contributed by atoms with Gasteiger partial charge in [-0.2, -0.15) is 4.98 Å². The highest BCUT2D eigenvalue weighted by Crippen LogP contribution is 2.21. The molecule has 25 heavy (non-hydrogen) atoms. The monoisotopic (exact) mass is 347 g/mol. The van der Waals surface area contributed by atoms with E-state index in [0.29, 0.717) is 12.4 Å². The molecule has 3 rings (SSSR count). The lowest BCUT2D eigenvalue weighted by Crippen LogP contribution is -2.62. The summed E-state index contributed by atoms with van der Waals surface area (Å²) in [4.78, 5) is 42.1. The molecule has 2 saturated heterocycles. The van der Waals surface area contributed by atoms with Crippen LogP contribution in [0.3, 0.4) is 0 Å². The summed E-state index contributed by atoms with van der Waals surface area (Å²) in [7, 11) is 7.13. The maximum Gasteiger partial charge on any atom is 0.327 e. The van der Waals surface area contributed by atoms with Crippen LogP contribution in [-0.2, 0) is 4.79 Å². The van der Waals surface area contributed by atoms with E-state index in [1.54, 1.807) is 18.1 Å². The van der Waals surface area contributed by atoms with Gasteiger partial charge in [-0.3, -0.25) is 14.6 Å². The second-order valence-corrected chi connectivity index (χ2v) is 6.66. The van der Waals surface area contributed by atoms with Crippen LogP contribution in [0.5, 0.6) is 0 Å². The first-order chi connectivity index (χ1) is 11.9. The summed E-state index contributed by atoms with van der Waals surface area (Å²) in [5, 5.41) is 0. The number of carbonyl (C=O) groups is 2. The highest BCUT2D eigenvalue weighted by atomic mass is 16.2. The van der Waals surface area contributed by atoms with E-state index in [9.17, 15) is 9.59 Å². The van der Waals surface area contributed by atoms with E-state index in [1.807, 2.05) is 25.1 Å². The molecule has 9 nitrogen and oxygen atoms in total. The molecule has 1 aromatic rings. The molecular formula is C16H25N7O2. The van der Waals surface area contributed by atoms with Crippen molar-refractivity contribution >= 4 is 23.7 Å². The molecule has 1 aromatic heterocycles. The van der Waals surface area contributed by atoms with Crippen LogP contribution < -0.4 is 9.80 Å². The van der Waals surface area contributed by atoms with Gasteiger partial charge in [0.1, 0.15) is 5.82 Å². The number of rotatable bonds is 3. The Hall–Kier alpha value is -2.42. The van der Waals surface area contributed by atoms with Gasteiger partial charge in [-0.05, 0) is 6.07 Å². The average molecular weight is 347 g/mol. The van der Waals surface area contributed by atoms with Crippen molar-refractivity contribution in [2.24, 2.45) is 0 Å². The number of piperazine rings is 1. The summed E-state index contributed by atoms with van der Waals surface area (Å²) in [5.74, 6) is 1.47. The Morgan fingerprint density at radius 3 is 2.44 bits per heavy atom. The minimum absolute atomic E-state index is 0.123. The molecule has 3 heterocycles. The van der Waals surface area contributed by atoms with Crippen LogP contribution in [0.4, 0.5) is 16.6 Å². The number of aromatic nitrogens is 2. The van der Waals surface area contributed by atoms with E-state index in [-0.39, 0.29) is 18.1 Å². The fourth-order valence-electron chi connectivity index (χ4n) is 3.25. The summed E-state index contributed by atoms with van der Waals surface area (Å²) in [6, 6.07) is 1.67. The van der Waals surface area contributed by atoms with Crippen molar-refractivity contribution in [2.75, 3.05) is 64.2 Å². The van der Waals surface area contributed by atoms with E-state index in [2.05, 4.69) is 19.8 Å². The Kier molecular flexibility index (Phi) is 4.76. The van der Waals surface area contributed by atoms with Crippen LogP contribution in [-0.4, -0.2) is 97.1 Å². The molecule has 2 aliphatic heterocycles. The predicted molar refractivity (Wildman–Crippen MR) is 94.5 cm³/mol. The van der Waals surface area contributed by atoms with E-state index < -0.39 is 0 Å². The largest absolute Gasteiger partial charge is 0.354 e. The summed E-state index contributed by atoms with van der Waals surface area (Å²) in [6.07, 6.45) is 1.95. The SMILES string of the molecule is CN1C(=O)CC(N2CCN(c3ccnc(N(C)C)n3)CC2)N(C)C1=O. The second kappa shape index (κ2) is 6.83. The zero-order valence-electron chi connectivity index (χ0n) is 15.2. The van der Waals surface area contributed by atoms with Gasteiger partial charge in [0.15, 0.2) is 0 Å². The molecule has 0 spiro atoms. The number of amides is 3. The Bertz CT molecular complexity index is 658. The third kappa shape index (κ3) is 3.37. The first-order valence-electron chi connectivity index (χ1n) is 8.41. The first kappa shape index (κ1) is 17.4. The normalized spacial score (nSPS) is 22.6. The van der Waals surface area contributed by atoms with Crippen molar-refractivity contribution in [3.05, 3.63) is 12.3 Å². The Balaban J connectivity index is 1.65. The molecule has 0 N–H and O–H groups in total. The minimum Gasteiger partial charge on any atom is -0.354 e. The molecular weight excluding hydrogens is 322 g/mol. The van der Waals surface area contributed by atoms with E-state index in [1.165, 1.54) is 11.9 Å². The summed E-state index contributed by atoms with van der Waals surface area (Å²) in [5.41, 5.74) is 0. The lowest BCUT2D eigenvalue weighted by Gasteiger charge is -2.45. The van der Waals surface area contributed by atoms with Gasteiger partial charge in [-0.15, -0.1) is 0 Å². The molecule has 3 amide bonds. The highest BCUT2D eigenvalue weighted by molar-refractivity contribution is 5.96. The third-order valence-electron chi connectivity index (χ3n) is 4.85. The average Bonchev–Trinajstić information content (AvgIpc) is 2.63. The van der Waals surface area contributed by atoms with E-state index in [0.717, 1.165) is 32.0 Å². The molecule has 9 heteroatoms. The molecule has 0 saturated carbocycles. The van der Waals surface area contributed by atoms with Gasteiger partial charge in [0.2, 0.25) is 11.9 Å². The maximum absolute atomic E-state index is 12.1. The second-order valence-electron chi connectivity index (χ2n) is 6.66. The number of nitrogens with zero attached hydrogens (tertiary/aromatic N) is 7. The topological polar surface area (TPSA) is 76.1 Å². The van der Waals surface area contributed by atoms with E-state index in [4.69, 9.17) is 0 Å². The van der Waals surface area contributed by atoms with Crippen LogP contribution >= 0.6 is 0 Å². The van der Waals surface area contributed by atoms with Crippen LogP contribution in [0.25, 0.3) is 0 Å². The van der Waals surface area contributed by atoms with Crippen molar-refractivity contribution in [3.8, 4) is 0 Å². The molecule has 2 fully saturated rings. The van der Waals surface area contributed by atoms with Gasteiger partial charge in [0.05, 0.1) is 12.6 Å². The maximum atomic E-state index is 12.1. The molecule has 0 aromatic carbocycles. The van der Waals surface area contributed by atoms with Crippen molar-refractivity contribution < 1.29 is 9.59 Å². The standard InChI is InChI=1S/C16H25N7O2/c1-19(2)15-17-6-5-12(18-15)22-7-9-23(10-8-22)13-11-14(24)21(4)16(25)20(13)3/h5-6,13H,7-11H2,1-4H3. The van der Waals surface area contributed by atoms with Gasteiger partial charge >= 0.3 is 6.03 Å². The molecule has 0 aliphatic carbocycles. The molecule has 0 radical (unpaired) electrons. The van der Waals surface area contributed by atoms with Crippen molar-refractivity contribution in [1.29, 1.82) is 0 Å². The quantitative estimate of drug-likeness (QED) is 0.756. The van der Waals surface area contributed by atoms with Gasteiger partial charge < -0.3 is 14.7 Å². The van der Waals surface area contributed by atoms with Gasteiger partial charge in [0, 0.05) is 60.6 Å². The van der Waals surface area contributed by atoms with Crippen molar-refractivity contribution in [1.82, 2.24) is 24.7 Å². The summed E-state index contributed by atoms with van der Waals surface area (Å²) >= 11 is 0. The van der Waals surface area contributed by atoms with Crippen LogP contribution in [0.1, 0.15) is 6.42 Å². The molecule has 2 aliphatic rings. The number of imide groups is 1. The number of carbonyl (C=O) groups excluding carboxylic acids is 2. The van der Waals surface area contributed by atoms with Gasteiger partial charge in [0.25, 0.3) is 0 Å². The number of hydrogen-bond acceptors (Lipinski definition) is 7. The fraction of sp³-hybridized carbons (Fsp3) is 0.625. The fourth-order valence-corrected chi connectivity index (χ4v) is 3.25. The smallest absolute Gasteiger partial charge is 0.327 e. The first-order valence-corrected chi connectivity index (χ1v) is 8.41. The van der Waals surface area contributed by atoms with Crippen LogP contribution in [0.2, 0.25) is 0 Å². The Labute approximate surface area is 147 Å². The number of anilines is 2. The molecule has 0 bridgehead atoms. The van der Waals surface area contributed by atoms with Gasteiger partial charge in [-0.25, -0.2) is 9.78 Å². The van der Waals surface area contributed by atoms with Crippen molar-refractivity contribution in [2.45, 2.75) is 12.6 Å². The third-order valence-corrected chi connectivity index (χ3v) is 4.85. The Morgan fingerprint density at radius 2 is 1.80 bits per heavy atom. The van der Waals surface area contributed by atoms with Crippen LogP contribution in [0.15, 0.2) is 12.3 Å². The van der Waals surface area contributed by atoms with Crippen molar-refractivity contribution in [3.63, 3.8) is 0 Å². The Morgan fingerprint density at radius 1 is 1.12 bits per heavy atom. The number of hydrogen-bond donors (Lipinski definition) is 0. The van der Waals surface area contributed by atoms with Crippen LogP contribution in [0, 0.1) is 0 Å². The molecule has 1 atom stereocenters. The lowest BCUT2D eigenvalue weighted by atomic mass is 10.1.